The van der Waals surface area contributed by atoms with Crippen molar-refractivity contribution >= 4 is 23.9 Å². The standard InChI is InChI=1S/C94H151N3O9/c1-7-10-13-16-19-22-25-28-31-34-37-40-43-46-49-59-68-102-88-73-80(74-89(103-69-60-50-47-44-41-38-35-32-29-26-23-20-17-14-11-8-2)90(88)104-70-61-51-48-45-42-39-36-33-30-27-24-21-18-15-12-9-3)75-105-93(100)78(6)95-91(98)87(72-79-62-53-52-54-63-79)96-92(99)86(71-77(4)5)97-94(101)106-76-85-83-66-57-55-64-81(83)82-65-56-58-67-84(82)85/h52-58,62-67,73-74,77-78,85-87H,7-51,59-61,68-72,75-76H2,1-6H3,(H,95,98)(H,96,99)(H,97,101)/t78-,86-,87-/m0/s1. The summed E-state index contributed by atoms with van der Waals surface area (Å²) >= 11 is 0. The molecule has 596 valence electrons. The highest BCUT2D eigenvalue weighted by atomic mass is 16.6. The van der Waals surface area contributed by atoms with Gasteiger partial charge in [0.1, 0.15) is 31.3 Å². The van der Waals surface area contributed by atoms with E-state index in [0.29, 0.717) is 49.1 Å². The molecule has 0 saturated carbocycles. The lowest BCUT2D eigenvalue weighted by atomic mass is 9.98. The Morgan fingerprint density at radius 1 is 0.358 bits per heavy atom. The maximum absolute atomic E-state index is 14.5. The summed E-state index contributed by atoms with van der Waals surface area (Å²) in [6.45, 7) is 14.0. The summed E-state index contributed by atoms with van der Waals surface area (Å²) < 4.78 is 32.1. The third-order valence-corrected chi connectivity index (χ3v) is 21.5. The Hall–Kier alpha value is -6.04. The fourth-order valence-corrected chi connectivity index (χ4v) is 15.0. The first kappa shape index (κ1) is 90.6. The largest absolute Gasteiger partial charge is 0.490 e. The molecule has 1 aliphatic rings. The molecular formula is C94H151N3O9. The Kier molecular flexibility index (Phi) is 51.1. The summed E-state index contributed by atoms with van der Waals surface area (Å²) in [5.41, 5.74) is 5.90. The van der Waals surface area contributed by atoms with Crippen LogP contribution >= 0.6 is 0 Å². The zero-order valence-corrected chi connectivity index (χ0v) is 68.1. The minimum atomic E-state index is -1.10. The van der Waals surface area contributed by atoms with Gasteiger partial charge in [0.15, 0.2) is 11.5 Å². The normalized spacial score (nSPS) is 12.7. The number of hydrogen-bond acceptors (Lipinski definition) is 9. The van der Waals surface area contributed by atoms with Crippen molar-refractivity contribution in [1.29, 1.82) is 0 Å². The van der Waals surface area contributed by atoms with Gasteiger partial charge in [-0.25, -0.2) is 9.59 Å². The predicted molar refractivity (Wildman–Crippen MR) is 442 cm³/mol. The highest BCUT2D eigenvalue weighted by molar-refractivity contribution is 5.93. The minimum Gasteiger partial charge on any atom is -0.490 e. The Morgan fingerprint density at radius 2 is 0.698 bits per heavy atom. The summed E-state index contributed by atoms with van der Waals surface area (Å²) in [5, 5.41) is 8.65. The molecule has 0 spiro atoms. The van der Waals surface area contributed by atoms with Crippen LogP contribution in [0.3, 0.4) is 0 Å². The average molecular weight is 1470 g/mol. The van der Waals surface area contributed by atoms with Gasteiger partial charge in [-0.15, -0.1) is 0 Å². The summed E-state index contributed by atoms with van der Waals surface area (Å²) in [5.74, 6) is -0.0801. The molecule has 5 rings (SSSR count). The van der Waals surface area contributed by atoms with Crippen molar-refractivity contribution in [3.63, 3.8) is 0 Å². The summed E-state index contributed by atoms with van der Waals surface area (Å²) in [6.07, 6.45) is 62.1. The number of ether oxygens (including phenoxy) is 5. The lowest BCUT2D eigenvalue weighted by molar-refractivity contribution is -0.148. The number of carbonyl (C=O) groups excluding carboxylic acids is 4. The number of carbonyl (C=O) groups is 4. The molecule has 0 radical (unpaired) electrons. The molecule has 0 heterocycles. The van der Waals surface area contributed by atoms with Gasteiger partial charge < -0.3 is 39.6 Å². The van der Waals surface area contributed by atoms with Crippen molar-refractivity contribution in [2.45, 2.75) is 393 Å². The fourth-order valence-electron chi connectivity index (χ4n) is 15.0. The van der Waals surface area contributed by atoms with Crippen LogP contribution in [0, 0.1) is 5.92 Å². The molecule has 3 amide bonds. The number of amides is 3. The molecule has 0 aromatic heterocycles. The van der Waals surface area contributed by atoms with E-state index in [4.69, 9.17) is 23.7 Å². The van der Waals surface area contributed by atoms with E-state index in [1.807, 2.05) is 80.6 Å². The Morgan fingerprint density at radius 3 is 1.08 bits per heavy atom. The maximum atomic E-state index is 14.5. The molecule has 0 saturated heterocycles. The molecule has 0 bridgehead atoms. The fraction of sp³-hybridized carbons (Fsp3) is 0.702. The third kappa shape index (κ3) is 40.4. The number of nitrogens with one attached hydrogen (secondary N) is 3. The Bertz CT molecular complexity index is 2770. The SMILES string of the molecule is CCCCCCCCCCCCCCCCCCOc1cc(COC(=O)[C@H](C)NC(=O)[C@H](Cc2ccccc2)NC(=O)[C@H](CC(C)C)NC(=O)OCC2c3ccccc3-c3ccccc32)cc(OCCCCCCCCCCCCCCCCCC)c1OCCCCCCCCCCCCCCCCCC. The van der Waals surface area contributed by atoms with Crippen molar-refractivity contribution in [1.82, 2.24) is 16.0 Å². The van der Waals surface area contributed by atoms with Crippen molar-refractivity contribution in [3.05, 3.63) is 113 Å². The van der Waals surface area contributed by atoms with E-state index in [1.54, 1.807) is 6.92 Å². The second kappa shape index (κ2) is 59.9. The van der Waals surface area contributed by atoms with Crippen molar-refractivity contribution in [2.24, 2.45) is 5.92 Å². The Labute approximate surface area is 646 Å². The van der Waals surface area contributed by atoms with E-state index >= 15 is 0 Å². The number of rotatable bonds is 68. The van der Waals surface area contributed by atoms with Gasteiger partial charge in [0.05, 0.1) is 19.8 Å². The summed E-state index contributed by atoms with van der Waals surface area (Å²) in [6, 6.07) is 26.4. The number of unbranched alkanes of at least 4 members (excludes halogenated alkanes) is 45. The highest BCUT2D eigenvalue weighted by Crippen LogP contribution is 2.45. The summed E-state index contributed by atoms with van der Waals surface area (Å²) in [4.78, 5) is 56.7. The van der Waals surface area contributed by atoms with Crippen molar-refractivity contribution in [3.8, 4) is 28.4 Å². The van der Waals surface area contributed by atoms with Gasteiger partial charge in [0.2, 0.25) is 17.6 Å². The van der Waals surface area contributed by atoms with Crippen molar-refractivity contribution < 1.29 is 42.9 Å². The van der Waals surface area contributed by atoms with Gasteiger partial charge in [-0.05, 0) is 84.0 Å². The molecule has 3 N–H and O–H groups in total. The second-order valence-corrected chi connectivity index (χ2v) is 31.6. The van der Waals surface area contributed by atoms with E-state index in [0.717, 1.165) is 66.3 Å². The van der Waals surface area contributed by atoms with Gasteiger partial charge in [-0.1, -0.05) is 402 Å². The van der Waals surface area contributed by atoms with Crippen LogP contribution in [0.5, 0.6) is 17.2 Å². The van der Waals surface area contributed by atoms with Gasteiger partial charge in [0, 0.05) is 12.3 Å². The maximum Gasteiger partial charge on any atom is 0.407 e. The van der Waals surface area contributed by atoms with Crippen molar-refractivity contribution in [2.75, 3.05) is 26.4 Å². The number of hydrogen-bond donors (Lipinski definition) is 3. The lowest BCUT2D eigenvalue weighted by Crippen LogP contribution is -2.56. The smallest absolute Gasteiger partial charge is 0.407 e. The molecule has 0 unspecified atom stereocenters. The number of fused-ring (bicyclic) bond motifs is 3. The molecule has 106 heavy (non-hydrogen) atoms. The van der Waals surface area contributed by atoms with E-state index in [-0.39, 0.29) is 31.5 Å². The first-order valence-corrected chi connectivity index (χ1v) is 44.0. The monoisotopic (exact) mass is 1470 g/mol. The molecule has 4 aromatic rings. The topological polar surface area (TPSA) is 151 Å². The van der Waals surface area contributed by atoms with Crippen LogP contribution in [-0.2, 0) is 36.9 Å². The van der Waals surface area contributed by atoms with Gasteiger partial charge >= 0.3 is 12.1 Å². The van der Waals surface area contributed by atoms with Crippen LogP contribution in [0.4, 0.5) is 4.79 Å². The quantitative estimate of drug-likeness (QED) is 0.0290. The van der Waals surface area contributed by atoms with Crippen LogP contribution in [0.2, 0.25) is 0 Å². The van der Waals surface area contributed by atoms with Gasteiger partial charge in [0.25, 0.3) is 0 Å². The van der Waals surface area contributed by atoms with Crippen LogP contribution < -0.4 is 30.2 Å². The average Bonchev–Trinajstić information content (AvgIpc) is 1.65. The molecular weight excluding hydrogens is 1320 g/mol. The molecule has 12 heteroatoms. The third-order valence-electron chi connectivity index (χ3n) is 21.5. The first-order chi connectivity index (χ1) is 52.0. The number of benzene rings is 4. The molecule has 1 aliphatic carbocycles. The van der Waals surface area contributed by atoms with Crippen LogP contribution in [0.25, 0.3) is 11.1 Å². The van der Waals surface area contributed by atoms with E-state index in [9.17, 15) is 19.2 Å². The van der Waals surface area contributed by atoms with E-state index in [1.165, 1.54) is 270 Å². The minimum absolute atomic E-state index is 0.00991. The molecule has 12 nitrogen and oxygen atoms in total. The summed E-state index contributed by atoms with van der Waals surface area (Å²) in [7, 11) is 0. The molecule has 0 fully saturated rings. The molecule has 4 aromatic carbocycles. The van der Waals surface area contributed by atoms with Gasteiger partial charge in [-0.3, -0.25) is 9.59 Å². The molecule has 3 atom stereocenters. The van der Waals surface area contributed by atoms with E-state index < -0.39 is 42.0 Å². The number of esters is 1. The zero-order chi connectivity index (χ0) is 75.5. The van der Waals surface area contributed by atoms with Crippen LogP contribution in [0.1, 0.15) is 384 Å². The first-order valence-electron chi connectivity index (χ1n) is 44.0. The Balaban J connectivity index is 1.21. The van der Waals surface area contributed by atoms with E-state index in [2.05, 4.69) is 61.0 Å². The predicted octanol–water partition coefficient (Wildman–Crippen LogP) is 25.8. The second-order valence-electron chi connectivity index (χ2n) is 31.6. The van der Waals surface area contributed by atoms with Gasteiger partial charge in [-0.2, -0.15) is 0 Å². The number of alkyl carbamates (subject to hydrolysis) is 1. The highest BCUT2D eigenvalue weighted by Gasteiger charge is 2.33. The lowest BCUT2D eigenvalue weighted by Gasteiger charge is -2.25. The van der Waals surface area contributed by atoms with Crippen LogP contribution in [0.15, 0.2) is 91.0 Å². The molecule has 0 aliphatic heterocycles. The van der Waals surface area contributed by atoms with Crippen LogP contribution in [-0.4, -0.2) is 68.4 Å². The zero-order valence-electron chi connectivity index (χ0n) is 68.1.